The van der Waals surface area contributed by atoms with Crippen LogP contribution in [0, 0.1) is 5.92 Å². The van der Waals surface area contributed by atoms with Gasteiger partial charge in [0, 0.05) is 24.5 Å². The van der Waals surface area contributed by atoms with Crippen LogP contribution in [0.1, 0.15) is 25.6 Å². The van der Waals surface area contributed by atoms with E-state index in [4.69, 9.17) is 4.42 Å². The van der Waals surface area contributed by atoms with Crippen molar-refractivity contribution in [2.45, 2.75) is 26.8 Å². The molecule has 0 aliphatic rings. The van der Waals surface area contributed by atoms with Gasteiger partial charge in [-0.05, 0) is 18.1 Å². The third-order valence-electron chi connectivity index (χ3n) is 2.43. The number of urea groups is 1. The summed E-state index contributed by atoms with van der Waals surface area (Å²) < 4.78 is 5.42. The first-order valence-electron chi connectivity index (χ1n) is 6.39. The average Bonchev–Trinajstić information content (AvgIpc) is 2.84. The topological polar surface area (TPSA) is 92.9 Å². The van der Waals surface area contributed by atoms with Gasteiger partial charge in [0.15, 0.2) is 0 Å². The lowest BCUT2D eigenvalue weighted by molar-refractivity contribution is 0.250. The van der Waals surface area contributed by atoms with Gasteiger partial charge in [-0.15, -0.1) is 10.2 Å². The third kappa shape index (κ3) is 4.34. The standard InChI is InChI=1S/C13H17N5O2/c1-9(2)7-11-17-18-12(20-11)8-15-13(19)16-10-3-5-14-6-4-10/h3-6,9H,7-8H2,1-2H3,(H2,14,15,16,19). The van der Waals surface area contributed by atoms with E-state index < -0.39 is 0 Å². The molecule has 0 atom stereocenters. The molecule has 0 radical (unpaired) electrons. The molecule has 0 saturated carbocycles. The summed E-state index contributed by atoms with van der Waals surface area (Å²) in [6, 6.07) is 3.07. The summed E-state index contributed by atoms with van der Waals surface area (Å²) in [7, 11) is 0. The van der Waals surface area contributed by atoms with Crippen LogP contribution in [0.3, 0.4) is 0 Å². The minimum absolute atomic E-state index is 0.196. The Morgan fingerprint density at radius 3 is 2.65 bits per heavy atom. The van der Waals surface area contributed by atoms with Gasteiger partial charge in [0.2, 0.25) is 11.8 Å². The predicted molar refractivity (Wildman–Crippen MR) is 72.9 cm³/mol. The number of hydrogen-bond donors (Lipinski definition) is 2. The van der Waals surface area contributed by atoms with E-state index in [2.05, 4.69) is 39.7 Å². The fourth-order valence-electron chi connectivity index (χ4n) is 1.56. The lowest BCUT2D eigenvalue weighted by atomic mass is 10.1. The van der Waals surface area contributed by atoms with Gasteiger partial charge in [-0.3, -0.25) is 4.98 Å². The van der Waals surface area contributed by atoms with Crippen molar-refractivity contribution in [1.29, 1.82) is 0 Å². The van der Waals surface area contributed by atoms with Crippen LogP contribution in [-0.2, 0) is 13.0 Å². The molecule has 0 saturated heterocycles. The molecule has 2 aromatic heterocycles. The van der Waals surface area contributed by atoms with Gasteiger partial charge in [-0.1, -0.05) is 13.8 Å². The molecule has 2 N–H and O–H groups in total. The van der Waals surface area contributed by atoms with Crippen LogP contribution in [0.25, 0.3) is 0 Å². The van der Waals surface area contributed by atoms with E-state index in [1.165, 1.54) is 0 Å². The Bertz CT molecular complexity index is 553. The highest BCUT2D eigenvalue weighted by atomic mass is 16.4. The van der Waals surface area contributed by atoms with Gasteiger partial charge in [0.25, 0.3) is 0 Å². The van der Waals surface area contributed by atoms with E-state index in [1.54, 1.807) is 24.5 Å². The Labute approximate surface area is 116 Å². The molecule has 7 nitrogen and oxygen atoms in total. The van der Waals surface area contributed by atoms with Crippen molar-refractivity contribution >= 4 is 11.7 Å². The summed E-state index contributed by atoms with van der Waals surface area (Å²) in [6.07, 6.45) is 3.94. The van der Waals surface area contributed by atoms with Crippen LogP contribution < -0.4 is 10.6 Å². The minimum atomic E-state index is -0.334. The normalized spacial score (nSPS) is 10.6. The van der Waals surface area contributed by atoms with Crippen molar-refractivity contribution in [3.05, 3.63) is 36.3 Å². The van der Waals surface area contributed by atoms with Gasteiger partial charge < -0.3 is 15.1 Å². The average molecular weight is 275 g/mol. The number of amides is 2. The van der Waals surface area contributed by atoms with Crippen molar-refractivity contribution in [3.8, 4) is 0 Å². The fourth-order valence-corrected chi connectivity index (χ4v) is 1.56. The molecule has 0 aliphatic carbocycles. The molecule has 2 rings (SSSR count). The first-order valence-corrected chi connectivity index (χ1v) is 6.39. The lowest BCUT2D eigenvalue weighted by Gasteiger charge is -2.05. The summed E-state index contributed by atoms with van der Waals surface area (Å²) in [5.74, 6) is 1.43. The van der Waals surface area contributed by atoms with E-state index in [0.717, 1.165) is 6.42 Å². The molecule has 0 bridgehead atoms. The second kappa shape index (κ2) is 6.65. The first-order chi connectivity index (χ1) is 9.63. The molecule has 0 fully saturated rings. The number of nitrogens with zero attached hydrogens (tertiary/aromatic N) is 3. The molecular formula is C13H17N5O2. The maximum atomic E-state index is 11.6. The number of aromatic nitrogens is 3. The molecule has 0 unspecified atom stereocenters. The third-order valence-corrected chi connectivity index (χ3v) is 2.43. The van der Waals surface area contributed by atoms with E-state index in [0.29, 0.717) is 23.4 Å². The minimum Gasteiger partial charge on any atom is -0.423 e. The first kappa shape index (κ1) is 14.0. The molecule has 2 amide bonds. The van der Waals surface area contributed by atoms with Crippen LogP contribution in [-0.4, -0.2) is 21.2 Å². The highest BCUT2D eigenvalue weighted by Crippen LogP contribution is 2.07. The maximum absolute atomic E-state index is 11.6. The Morgan fingerprint density at radius 2 is 1.95 bits per heavy atom. The van der Waals surface area contributed by atoms with Crippen molar-refractivity contribution in [1.82, 2.24) is 20.5 Å². The summed E-state index contributed by atoms with van der Waals surface area (Å²) in [4.78, 5) is 15.5. The quantitative estimate of drug-likeness (QED) is 0.870. The molecule has 2 aromatic rings. The van der Waals surface area contributed by atoms with Gasteiger partial charge >= 0.3 is 6.03 Å². The molecule has 0 spiro atoms. The largest absolute Gasteiger partial charge is 0.423 e. The van der Waals surface area contributed by atoms with Crippen LogP contribution in [0.5, 0.6) is 0 Å². The van der Waals surface area contributed by atoms with E-state index >= 15 is 0 Å². The molecule has 2 heterocycles. The monoisotopic (exact) mass is 275 g/mol. The van der Waals surface area contributed by atoms with Crippen molar-refractivity contribution in [2.24, 2.45) is 5.92 Å². The smallest absolute Gasteiger partial charge is 0.319 e. The Kier molecular flexibility index (Phi) is 4.65. The molecule has 7 heteroatoms. The summed E-state index contributed by atoms with van der Waals surface area (Å²) in [6.45, 7) is 4.34. The zero-order valence-corrected chi connectivity index (χ0v) is 11.5. The molecule has 20 heavy (non-hydrogen) atoms. The second-order valence-corrected chi connectivity index (χ2v) is 4.73. The van der Waals surface area contributed by atoms with Crippen LogP contribution in [0.15, 0.2) is 28.9 Å². The number of hydrogen-bond acceptors (Lipinski definition) is 5. The van der Waals surface area contributed by atoms with E-state index in [9.17, 15) is 4.79 Å². The molecule has 0 aromatic carbocycles. The zero-order chi connectivity index (χ0) is 14.4. The van der Waals surface area contributed by atoms with Gasteiger partial charge in [0.1, 0.15) is 0 Å². The molecule has 106 valence electrons. The summed E-state index contributed by atoms with van der Waals surface area (Å²) >= 11 is 0. The van der Waals surface area contributed by atoms with Crippen molar-refractivity contribution in [3.63, 3.8) is 0 Å². The SMILES string of the molecule is CC(C)Cc1nnc(CNC(=O)Nc2ccncc2)o1. The lowest BCUT2D eigenvalue weighted by Crippen LogP contribution is -2.28. The van der Waals surface area contributed by atoms with E-state index in [-0.39, 0.29) is 12.6 Å². The van der Waals surface area contributed by atoms with Crippen LogP contribution >= 0.6 is 0 Å². The van der Waals surface area contributed by atoms with E-state index in [1.807, 2.05) is 0 Å². The van der Waals surface area contributed by atoms with Gasteiger partial charge in [-0.2, -0.15) is 0 Å². The Hall–Kier alpha value is -2.44. The summed E-state index contributed by atoms with van der Waals surface area (Å²) in [5, 5.41) is 13.1. The summed E-state index contributed by atoms with van der Waals surface area (Å²) in [5.41, 5.74) is 0.670. The molecular weight excluding hydrogens is 258 g/mol. The Morgan fingerprint density at radius 1 is 1.25 bits per heavy atom. The van der Waals surface area contributed by atoms with Gasteiger partial charge in [-0.25, -0.2) is 4.79 Å². The fraction of sp³-hybridized carbons (Fsp3) is 0.385. The highest BCUT2D eigenvalue weighted by molar-refractivity contribution is 5.88. The number of rotatable bonds is 5. The second-order valence-electron chi connectivity index (χ2n) is 4.73. The highest BCUT2D eigenvalue weighted by Gasteiger charge is 2.09. The maximum Gasteiger partial charge on any atom is 0.319 e. The zero-order valence-electron chi connectivity index (χ0n) is 11.5. The van der Waals surface area contributed by atoms with Crippen molar-refractivity contribution in [2.75, 3.05) is 5.32 Å². The number of anilines is 1. The number of carbonyl (C=O) groups excluding carboxylic acids is 1. The molecule has 0 aliphatic heterocycles. The Balaban J connectivity index is 1.80. The number of carbonyl (C=O) groups is 1. The van der Waals surface area contributed by atoms with Crippen LogP contribution in [0.2, 0.25) is 0 Å². The predicted octanol–water partition coefficient (Wildman–Crippen LogP) is 1.98. The van der Waals surface area contributed by atoms with Crippen LogP contribution in [0.4, 0.5) is 10.5 Å². The van der Waals surface area contributed by atoms with Gasteiger partial charge in [0.05, 0.1) is 6.54 Å². The number of nitrogens with one attached hydrogen (secondary N) is 2. The number of pyridine rings is 1. The van der Waals surface area contributed by atoms with Crippen molar-refractivity contribution < 1.29 is 9.21 Å².